The van der Waals surface area contributed by atoms with Gasteiger partial charge in [-0.2, -0.15) is 11.8 Å². The van der Waals surface area contributed by atoms with Gasteiger partial charge in [0.05, 0.1) is 11.3 Å². The molecule has 0 spiro atoms. The third-order valence-electron chi connectivity index (χ3n) is 3.65. The molecular weight excluding hydrogens is 343 g/mol. The Labute approximate surface area is 131 Å². The Bertz CT molecular complexity index is 512. The minimum atomic E-state index is -0.520. The first kappa shape index (κ1) is 15.6. The Morgan fingerprint density at radius 2 is 2.15 bits per heavy atom. The van der Waals surface area contributed by atoms with Gasteiger partial charge in [0.1, 0.15) is 5.82 Å². The zero-order chi connectivity index (χ0) is 14.7. The lowest BCUT2D eigenvalue weighted by molar-refractivity contribution is 0.0928. The van der Waals surface area contributed by atoms with Gasteiger partial charge in [0.2, 0.25) is 0 Å². The summed E-state index contributed by atoms with van der Waals surface area (Å²) >= 11 is 5.01. The standard InChI is InChI=1S/C14H18BrFN2OS/c1-20-13-5-3-2-4-12(13)18-14(19)8-6-11(17)10(16)7-9(8)15/h6-7,12-13H,2-5,17H2,1H3,(H,18,19). The van der Waals surface area contributed by atoms with E-state index >= 15 is 0 Å². The van der Waals surface area contributed by atoms with E-state index in [1.165, 1.54) is 18.6 Å². The van der Waals surface area contributed by atoms with Crippen LogP contribution < -0.4 is 11.1 Å². The number of nitrogen functional groups attached to an aromatic ring is 1. The summed E-state index contributed by atoms with van der Waals surface area (Å²) in [6, 6.07) is 2.78. The maximum absolute atomic E-state index is 13.3. The van der Waals surface area contributed by atoms with Gasteiger partial charge in [0, 0.05) is 15.8 Å². The van der Waals surface area contributed by atoms with Gasteiger partial charge in [-0.25, -0.2) is 4.39 Å². The quantitative estimate of drug-likeness (QED) is 0.810. The molecule has 0 saturated heterocycles. The topological polar surface area (TPSA) is 55.1 Å². The number of carbonyl (C=O) groups excluding carboxylic acids is 1. The molecule has 1 saturated carbocycles. The Morgan fingerprint density at radius 1 is 1.45 bits per heavy atom. The molecule has 2 atom stereocenters. The largest absolute Gasteiger partial charge is 0.396 e. The number of hydrogen-bond donors (Lipinski definition) is 2. The van der Waals surface area contributed by atoms with E-state index in [-0.39, 0.29) is 17.6 Å². The molecule has 1 amide bonds. The van der Waals surface area contributed by atoms with Crippen LogP contribution in [-0.4, -0.2) is 23.5 Å². The summed E-state index contributed by atoms with van der Waals surface area (Å²) in [5, 5.41) is 3.50. The van der Waals surface area contributed by atoms with Crippen molar-refractivity contribution in [2.24, 2.45) is 0 Å². The smallest absolute Gasteiger partial charge is 0.252 e. The number of rotatable bonds is 3. The summed E-state index contributed by atoms with van der Waals surface area (Å²) in [5.41, 5.74) is 5.91. The van der Waals surface area contributed by atoms with E-state index in [2.05, 4.69) is 27.5 Å². The Balaban J connectivity index is 2.13. The molecular formula is C14H18BrFN2OS. The van der Waals surface area contributed by atoms with Crippen molar-refractivity contribution in [2.75, 3.05) is 12.0 Å². The van der Waals surface area contributed by atoms with Crippen molar-refractivity contribution in [3.05, 3.63) is 28.0 Å². The van der Waals surface area contributed by atoms with Gasteiger partial charge in [-0.15, -0.1) is 0 Å². The van der Waals surface area contributed by atoms with Crippen molar-refractivity contribution in [3.63, 3.8) is 0 Å². The van der Waals surface area contributed by atoms with Crippen LogP contribution in [0.3, 0.4) is 0 Å². The minimum absolute atomic E-state index is 0.0107. The van der Waals surface area contributed by atoms with Crippen LogP contribution in [0.25, 0.3) is 0 Å². The molecule has 2 unspecified atom stereocenters. The molecule has 20 heavy (non-hydrogen) atoms. The van der Waals surface area contributed by atoms with Crippen molar-refractivity contribution in [1.29, 1.82) is 0 Å². The molecule has 1 aliphatic rings. The summed E-state index contributed by atoms with van der Waals surface area (Å²) in [7, 11) is 0. The molecule has 0 radical (unpaired) electrons. The van der Waals surface area contributed by atoms with Gasteiger partial charge >= 0.3 is 0 Å². The van der Waals surface area contributed by atoms with E-state index < -0.39 is 5.82 Å². The second-order valence-corrected chi connectivity index (χ2v) is 6.92. The van der Waals surface area contributed by atoms with Crippen molar-refractivity contribution in [1.82, 2.24) is 5.32 Å². The number of amides is 1. The fourth-order valence-corrected chi connectivity index (χ4v) is 3.96. The average molecular weight is 361 g/mol. The molecule has 2 rings (SSSR count). The number of nitrogens with one attached hydrogen (secondary N) is 1. The van der Waals surface area contributed by atoms with Crippen LogP contribution in [-0.2, 0) is 0 Å². The maximum Gasteiger partial charge on any atom is 0.252 e. The van der Waals surface area contributed by atoms with Crippen molar-refractivity contribution >= 4 is 39.3 Å². The predicted molar refractivity (Wildman–Crippen MR) is 85.5 cm³/mol. The van der Waals surface area contributed by atoms with Gasteiger partial charge < -0.3 is 11.1 Å². The Kier molecular flexibility index (Phi) is 5.32. The fourth-order valence-electron chi connectivity index (χ4n) is 2.53. The van der Waals surface area contributed by atoms with Crippen LogP contribution in [0.1, 0.15) is 36.0 Å². The average Bonchev–Trinajstić information content (AvgIpc) is 2.43. The summed E-state index contributed by atoms with van der Waals surface area (Å²) in [6.45, 7) is 0. The van der Waals surface area contributed by atoms with E-state index in [9.17, 15) is 9.18 Å². The van der Waals surface area contributed by atoms with E-state index in [1.807, 2.05) is 0 Å². The summed E-state index contributed by atoms with van der Waals surface area (Å²) in [5.74, 6) is -0.720. The lowest BCUT2D eigenvalue weighted by Crippen LogP contribution is -2.43. The van der Waals surface area contributed by atoms with Crippen LogP contribution in [0, 0.1) is 5.82 Å². The van der Waals surface area contributed by atoms with Crippen LogP contribution >= 0.6 is 27.7 Å². The molecule has 6 heteroatoms. The molecule has 3 N–H and O–H groups in total. The number of anilines is 1. The van der Waals surface area contributed by atoms with E-state index in [1.54, 1.807) is 11.8 Å². The SMILES string of the molecule is CSC1CCCCC1NC(=O)c1cc(N)c(F)cc1Br. The first-order chi connectivity index (χ1) is 9.52. The molecule has 1 aliphatic carbocycles. The highest BCUT2D eigenvalue weighted by molar-refractivity contribution is 9.10. The van der Waals surface area contributed by atoms with E-state index in [0.29, 0.717) is 15.3 Å². The fraction of sp³-hybridized carbons (Fsp3) is 0.500. The second kappa shape index (κ2) is 6.80. The lowest BCUT2D eigenvalue weighted by Gasteiger charge is -2.31. The molecule has 110 valence electrons. The number of benzene rings is 1. The highest BCUT2D eigenvalue weighted by Gasteiger charge is 2.26. The minimum Gasteiger partial charge on any atom is -0.396 e. The number of thioether (sulfide) groups is 1. The van der Waals surface area contributed by atoms with Crippen LogP contribution in [0.2, 0.25) is 0 Å². The zero-order valence-corrected chi connectivity index (χ0v) is 13.7. The first-order valence-corrected chi connectivity index (χ1v) is 8.69. The van der Waals surface area contributed by atoms with E-state index in [4.69, 9.17) is 5.73 Å². The molecule has 0 aromatic heterocycles. The Hall–Kier alpha value is -0.750. The van der Waals surface area contributed by atoms with Gasteiger partial charge in [0.25, 0.3) is 5.91 Å². The molecule has 3 nitrogen and oxygen atoms in total. The zero-order valence-electron chi connectivity index (χ0n) is 11.3. The van der Waals surface area contributed by atoms with Crippen molar-refractivity contribution in [3.8, 4) is 0 Å². The van der Waals surface area contributed by atoms with Gasteiger partial charge in [-0.05, 0) is 47.2 Å². The predicted octanol–water partition coefficient (Wildman–Crippen LogP) is 3.57. The number of nitrogens with two attached hydrogens (primary N) is 1. The molecule has 1 fully saturated rings. The van der Waals surface area contributed by atoms with Gasteiger partial charge in [0.15, 0.2) is 0 Å². The van der Waals surface area contributed by atoms with E-state index in [0.717, 1.165) is 19.3 Å². The third-order valence-corrected chi connectivity index (χ3v) is 5.48. The molecule has 0 bridgehead atoms. The summed E-state index contributed by atoms with van der Waals surface area (Å²) in [6.07, 6.45) is 6.53. The van der Waals surface area contributed by atoms with Crippen molar-refractivity contribution in [2.45, 2.75) is 37.0 Å². The van der Waals surface area contributed by atoms with Crippen molar-refractivity contribution < 1.29 is 9.18 Å². The highest BCUT2D eigenvalue weighted by atomic mass is 79.9. The monoisotopic (exact) mass is 360 g/mol. The summed E-state index contributed by atoms with van der Waals surface area (Å²) < 4.78 is 13.7. The molecule has 1 aromatic rings. The van der Waals surface area contributed by atoms with Crippen LogP contribution in [0.15, 0.2) is 16.6 Å². The van der Waals surface area contributed by atoms with Crippen LogP contribution in [0.4, 0.5) is 10.1 Å². The third kappa shape index (κ3) is 3.47. The normalized spacial score (nSPS) is 22.6. The Morgan fingerprint density at radius 3 is 2.85 bits per heavy atom. The second-order valence-electron chi connectivity index (χ2n) is 4.99. The highest BCUT2D eigenvalue weighted by Crippen LogP contribution is 2.28. The molecule has 0 aliphatic heterocycles. The maximum atomic E-state index is 13.3. The molecule has 1 aromatic carbocycles. The lowest BCUT2D eigenvalue weighted by atomic mass is 9.94. The summed E-state index contributed by atoms with van der Waals surface area (Å²) in [4.78, 5) is 12.3. The number of hydrogen-bond acceptors (Lipinski definition) is 3. The number of halogens is 2. The number of carbonyl (C=O) groups is 1. The molecule has 0 heterocycles. The first-order valence-electron chi connectivity index (χ1n) is 6.61. The van der Waals surface area contributed by atoms with Gasteiger partial charge in [-0.3, -0.25) is 4.79 Å². The van der Waals surface area contributed by atoms with Gasteiger partial charge in [-0.1, -0.05) is 12.8 Å². The van der Waals surface area contributed by atoms with Crippen LogP contribution in [0.5, 0.6) is 0 Å².